The molecule has 1 aromatic heterocycles. The third kappa shape index (κ3) is 9.13. The summed E-state index contributed by atoms with van der Waals surface area (Å²) in [7, 11) is 0. The lowest BCUT2D eigenvalue weighted by atomic mass is 9.95. The van der Waals surface area contributed by atoms with Gasteiger partial charge in [-0.1, -0.05) is 63.5 Å². The molecule has 234 valence electrons. The quantitative estimate of drug-likeness (QED) is 0.154. The molecular weight excluding hydrogens is 560 g/mol. The molecule has 0 radical (unpaired) electrons. The van der Waals surface area contributed by atoms with Gasteiger partial charge in [-0.25, -0.2) is 0 Å². The van der Waals surface area contributed by atoms with E-state index in [2.05, 4.69) is 28.1 Å². The number of piperidine rings is 1. The fraction of sp³-hybridized carbons (Fsp3) is 0.618. The van der Waals surface area contributed by atoms with Crippen LogP contribution in [0.2, 0.25) is 0 Å². The first kappa shape index (κ1) is 31.7. The fourth-order valence-corrected chi connectivity index (χ4v) is 7.43. The summed E-state index contributed by atoms with van der Waals surface area (Å²) in [5.74, 6) is -0.00868. The summed E-state index contributed by atoms with van der Waals surface area (Å²) < 4.78 is 6.05. The molecule has 1 unspecified atom stereocenters. The molecule has 5 rings (SSSR count). The maximum absolute atomic E-state index is 12.9. The molecule has 9 heteroatoms. The zero-order valence-corrected chi connectivity index (χ0v) is 26.3. The molecule has 1 saturated heterocycles. The second-order valence-electron chi connectivity index (χ2n) is 12.3. The van der Waals surface area contributed by atoms with Crippen LogP contribution in [-0.2, 0) is 29.3 Å². The highest BCUT2D eigenvalue weighted by atomic mass is 32.1. The predicted octanol–water partition coefficient (Wildman–Crippen LogP) is 5.83. The molecule has 2 aliphatic heterocycles. The number of hydrogen-bond acceptors (Lipinski definition) is 7. The Morgan fingerprint density at radius 2 is 1.60 bits per heavy atom. The standard InChI is InChI=1S/C34H48N4O4S/c39-32-18-17-30(33(40)37-32)38-22-28-29(34(38)41)24-43-31(28)23-42-27-15-13-25(14-16-27)21-35-19-9-4-2-1-3-5-10-20-36-26-11-7-6-8-12-26/h13-16,24,26,30,35-36H,1-12,17-23H2,(H,37,39,40). The minimum Gasteiger partial charge on any atom is -0.488 e. The van der Waals surface area contributed by atoms with Gasteiger partial charge in [-0.15, -0.1) is 11.3 Å². The number of hydrogen-bond donors (Lipinski definition) is 3. The van der Waals surface area contributed by atoms with E-state index in [9.17, 15) is 14.4 Å². The number of imide groups is 1. The molecule has 8 nitrogen and oxygen atoms in total. The summed E-state index contributed by atoms with van der Waals surface area (Å²) in [5.41, 5.74) is 2.81. The van der Waals surface area contributed by atoms with Crippen LogP contribution >= 0.6 is 11.3 Å². The normalized spacial score (nSPS) is 19.1. The van der Waals surface area contributed by atoms with Gasteiger partial charge in [-0.3, -0.25) is 19.7 Å². The van der Waals surface area contributed by atoms with E-state index in [0.717, 1.165) is 35.3 Å². The number of fused-ring (bicyclic) bond motifs is 1. The first-order valence-electron chi connectivity index (χ1n) is 16.5. The number of benzene rings is 1. The van der Waals surface area contributed by atoms with Crippen molar-refractivity contribution in [2.45, 2.75) is 122 Å². The third-order valence-electron chi connectivity index (χ3n) is 9.08. The number of ether oxygens (including phenoxy) is 1. The van der Waals surface area contributed by atoms with E-state index in [1.54, 1.807) is 4.90 Å². The van der Waals surface area contributed by atoms with Crippen LogP contribution in [-0.4, -0.2) is 47.8 Å². The second kappa shape index (κ2) is 16.4. The summed E-state index contributed by atoms with van der Waals surface area (Å²) in [4.78, 5) is 39.3. The van der Waals surface area contributed by atoms with Crippen LogP contribution in [0.1, 0.15) is 116 Å². The number of unbranched alkanes of at least 4 members (excludes halogenated alkanes) is 6. The van der Waals surface area contributed by atoms with Gasteiger partial charge in [0.1, 0.15) is 18.4 Å². The van der Waals surface area contributed by atoms with Crippen molar-refractivity contribution in [1.29, 1.82) is 0 Å². The molecule has 0 spiro atoms. The van der Waals surface area contributed by atoms with E-state index in [-0.39, 0.29) is 24.1 Å². The molecule has 3 heterocycles. The van der Waals surface area contributed by atoms with Crippen LogP contribution < -0.4 is 20.7 Å². The highest BCUT2D eigenvalue weighted by molar-refractivity contribution is 7.10. The number of carbonyl (C=O) groups is 3. The first-order chi connectivity index (χ1) is 21.1. The van der Waals surface area contributed by atoms with Crippen molar-refractivity contribution in [3.63, 3.8) is 0 Å². The molecular formula is C34H48N4O4S. The van der Waals surface area contributed by atoms with E-state index in [1.807, 2.05) is 17.5 Å². The maximum Gasteiger partial charge on any atom is 0.256 e. The van der Waals surface area contributed by atoms with Gasteiger partial charge in [0.05, 0.1) is 5.56 Å². The number of nitrogens with zero attached hydrogens (tertiary/aromatic N) is 1. The smallest absolute Gasteiger partial charge is 0.256 e. The minimum absolute atomic E-state index is 0.142. The average molecular weight is 609 g/mol. The van der Waals surface area contributed by atoms with E-state index in [1.165, 1.54) is 100 Å². The van der Waals surface area contributed by atoms with Crippen molar-refractivity contribution in [3.05, 3.63) is 51.2 Å². The van der Waals surface area contributed by atoms with E-state index < -0.39 is 6.04 Å². The zero-order chi connectivity index (χ0) is 29.9. The Kier molecular flexibility index (Phi) is 12.0. The van der Waals surface area contributed by atoms with Crippen molar-refractivity contribution in [2.75, 3.05) is 13.1 Å². The van der Waals surface area contributed by atoms with E-state index in [0.29, 0.717) is 25.1 Å². The Hall–Kier alpha value is -2.75. The number of nitrogens with one attached hydrogen (secondary N) is 3. The molecule has 1 saturated carbocycles. The largest absolute Gasteiger partial charge is 0.488 e. The zero-order valence-electron chi connectivity index (χ0n) is 25.5. The van der Waals surface area contributed by atoms with Crippen molar-refractivity contribution in [3.8, 4) is 5.75 Å². The molecule has 2 fully saturated rings. The summed E-state index contributed by atoms with van der Waals surface area (Å²) in [6.45, 7) is 3.86. The van der Waals surface area contributed by atoms with Gasteiger partial charge in [0.2, 0.25) is 11.8 Å². The van der Waals surface area contributed by atoms with Crippen molar-refractivity contribution < 1.29 is 19.1 Å². The van der Waals surface area contributed by atoms with Crippen LogP contribution in [0.5, 0.6) is 5.75 Å². The molecule has 1 aromatic carbocycles. The molecule has 3 N–H and O–H groups in total. The monoisotopic (exact) mass is 608 g/mol. The number of thiophene rings is 1. The number of amides is 3. The molecule has 1 aliphatic carbocycles. The lowest BCUT2D eigenvalue weighted by Crippen LogP contribution is -2.52. The van der Waals surface area contributed by atoms with Gasteiger partial charge in [0.25, 0.3) is 5.91 Å². The Bertz CT molecular complexity index is 1210. The Balaban J connectivity index is 0.913. The first-order valence-corrected chi connectivity index (χ1v) is 17.4. The Morgan fingerprint density at radius 3 is 2.35 bits per heavy atom. The molecule has 2 aromatic rings. The molecule has 3 aliphatic rings. The van der Waals surface area contributed by atoms with E-state index in [4.69, 9.17) is 4.74 Å². The molecule has 3 amide bonds. The van der Waals surface area contributed by atoms with Crippen LogP contribution in [0.3, 0.4) is 0 Å². The molecule has 1 atom stereocenters. The summed E-state index contributed by atoms with van der Waals surface area (Å²) in [6, 6.07) is 8.39. The van der Waals surface area contributed by atoms with Crippen LogP contribution in [0, 0.1) is 0 Å². The predicted molar refractivity (Wildman–Crippen MR) is 170 cm³/mol. The lowest BCUT2D eigenvalue weighted by Gasteiger charge is -2.29. The van der Waals surface area contributed by atoms with Crippen molar-refractivity contribution in [1.82, 2.24) is 20.9 Å². The van der Waals surface area contributed by atoms with Crippen molar-refractivity contribution >= 4 is 29.1 Å². The average Bonchev–Trinajstić information content (AvgIpc) is 3.57. The second-order valence-corrected chi connectivity index (χ2v) is 13.3. The van der Waals surface area contributed by atoms with Gasteiger partial charge < -0.3 is 20.3 Å². The lowest BCUT2D eigenvalue weighted by molar-refractivity contribution is -0.136. The van der Waals surface area contributed by atoms with Crippen LogP contribution in [0.25, 0.3) is 0 Å². The number of carbonyl (C=O) groups excluding carboxylic acids is 3. The highest BCUT2D eigenvalue weighted by Crippen LogP contribution is 2.34. The SMILES string of the molecule is O=C1CCC(N2Cc3c(csc3COc3ccc(CNCCCCCCCCCNC4CCCCC4)cc3)C2=O)C(=O)N1. The fourth-order valence-electron chi connectivity index (χ4n) is 6.48. The third-order valence-corrected chi connectivity index (χ3v) is 10.1. The summed E-state index contributed by atoms with van der Waals surface area (Å²) in [5, 5.41) is 11.5. The van der Waals surface area contributed by atoms with Crippen LogP contribution in [0.4, 0.5) is 0 Å². The van der Waals surface area contributed by atoms with Gasteiger partial charge in [0.15, 0.2) is 0 Å². The van der Waals surface area contributed by atoms with Crippen LogP contribution in [0.15, 0.2) is 29.6 Å². The van der Waals surface area contributed by atoms with Gasteiger partial charge >= 0.3 is 0 Å². The van der Waals surface area contributed by atoms with Crippen molar-refractivity contribution in [2.24, 2.45) is 0 Å². The molecule has 43 heavy (non-hydrogen) atoms. The van der Waals surface area contributed by atoms with Gasteiger partial charge in [-0.05, 0) is 62.9 Å². The Morgan fingerprint density at radius 1 is 0.884 bits per heavy atom. The Labute approximate surface area is 260 Å². The van der Waals surface area contributed by atoms with Gasteiger partial charge in [0, 0.05) is 41.4 Å². The summed E-state index contributed by atoms with van der Waals surface area (Å²) in [6.07, 6.45) is 16.9. The minimum atomic E-state index is -0.592. The van der Waals surface area contributed by atoms with Gasteiger partial charge in [-0.2, -0.15) is 0 Å². The molecule has 0 bridgehead atoms. The number of rotatable bonds is 17. The van der Waals surface area contributed by atoms with E-state index >= 15 is 0 Å². The maximum atomic E-state index is 12.9. The topological polar surface area (TPSA) is 99.8 Å². The highest BCUT2D eigenvalue weighted by Gasteiger charge is 2.40. The summed E-state index contributed by atoms with van der Waals surface area (Å²) >= 11 is 1.52.